The summed E-state index contributed by atoms with van der Waals surface area (Å²) in [5.74, 6) is -0.438. The normalized spacial score (nSPS) is 16.4. The molecule has 0 heterocycles. The zero-order valence-corrected chi connectivity index (χ0v) is 13.4. The Kier molecular flexibility index (Phi) is 5.53. The number of carbonyl (C=O) groups excluding carboxylic acids is 1. The Morgan fingerprint density at radius 3 is 2.73 bits per heavy atom. The number of amides is 1. The van der Waals surface area contributed by atoms with E-state index in [9.17, 15) is 14.3 Å². The minimum absolute atomic E-state index is 0.0330. The van der Waals surface area contributed by atoms with Crippen LogP contribution in [-0.4, -0.2) is 42.7 Å². The molecule has 0 aromatic heterocycles. The van der Waals surface area contributed by atoms with Gasteiger partial charge in [0.2, 0.25) is 5.91 Å². The van der Waals surface area contributed by atoms with Crippen LogP contribution in [0.5, 0.6) is 0 Å². The largest absolute Gasteiger partial charge is 0.396 e. The van der Waals surface area contributed by atoms with Gasteiger partial charge in [0.1, 0.15) is 5.82 Å². The first-order valence-electron chi connectivity index (χ1n) is 7.79. The Hall–Kier alpha value is -1.46. The van der Waals surface area contributed by atoms with Gasteiger partial charge in [-0.05, 0) is 44.5 Å². The molecule has 0 spiro atoms. The third kappa shape index (κ3) is 4.27. The molecule has 4 nitrogen and oxygen atoms in total. The summed E-state index contributed by atoms with van der Waals surface area (Å²) in [5, 5.41) is 12.2. The van der Waals surface area contributed by atoms with Crippen molar-refractivity contribution >= 4 is 11.6 Å². The van der Waals surface area contributed by atoms with E-state index in [1.807, 2.05) is 7.05 Å². The van der Waals surface area contributed by atoms with Crippen molar-refractivity contribution in [2.45, 2.75) is 32.6 Å². The van der Waals surface area contributed by atoms with Crippen molar-refractivity contribution in [2.24, 2.45) is 5.41 Å². The number of halogens is 1. The fourth-order valence-corrected chi connectivity index (χ4v) is 2.88. The second-order valence-corrected chi connectivity index (χ2v) is 6.51. The molecule has 122 valence electrons. The summed E-state index contributed by atoms with van der Waals surface area (Å²) in [6.07, 6.45) is 3.65. The molecule has 2 N–H and O–H groups in total. The van der Waals surface area contributed by atoms with Crippen LogP contribution in [0.15, 0.2) is 18.2 Å². The highest BCUT2D eigenvalue weighted by Crippen LogP contribution is 2.40. The number of hydrogen-bond donors (Lipinski definition) is 2. The number of rotatable bonds is 7. The summed E-state index contributed by atoms with van der Waals surface area (Å²) in [5.41, 5.74) is 1.08. The molecule has 5 heteroatoms. The molecule has 0 atom stereocenters. The quantitative estimate of drug-likeness (QED) is 0.814. The lowest BCUT2D eigenvalue weighted by Crippen LogP contribution is -2.44. The topological polar surface area (TPSA) is 52.6 Å². The van der Waals surface area contributed by atoms with E-state index in [-0.39, 0.29) is 23.7 Å². The van der Waals surface area contributed by atoms with Gasteiger partial charge < -0.3 is 15.3 Å². The molecule has 1 amide bonds. The summed E-state index contributed by atoms with van der Waals surface area (Å²) < 4.78 is 13.4. The average Bonchev–Trinajstić information content (AvgIpc) is 2.45. The van der Waals surface area contributed by atoms with Crippen LogP contribution < -0.4 is 5.32 Å². The number of nitrogens with one attached hydrogen (secondary N) is 1. The number of aliphatic hydroxyl groups excluding tert-OH is 1. The Morgan fingerprint density at radius 1 is 1.45 bits per heavy atom. The first kappa shape index (κ1) is 16.9. The maximum absolute atomic E-state index is 13.4. The smallest absolute Gasteiger partial charge is 0.225 e. The zero-order chi connectivity index (χ0) is 16.2. The van der Waals surface area contributed by atoms with Crippen molar-refractivity contribution in [3.05, 3.63) is 29.6 Å². The molecule has 1 aliphatic rings. The average molecular weight is 308 g/mol. The predicted molar refractivity (Wildman–Crippen MR) is 85.3 cm³/mol. The number of nitrogens with zero attached hydrogens (tertiary/aromatic N) is 1. The van der Waals surface area contributed by atoms with Crippen LogP contribution >= 0.6 is 0 Å². The standard InChI is InChI=1S/C17H25FN2O2/c1-13-4-5-14(10-15(13)18)19-16(22)6-9-20(2)11-17(12-21)7-3-8-17/h4-5,10,21H,3,6-9,11-12H2,1-2H3,(H,19,22). The predicted octanol–water partition coefficient (Wildman–Crippen LogP) is 2.56. The highest BCUT2D eigenvalue weighted by Gasteiger charge is 2.37. The van der Waals surface area contributed by atoms with E-state index < -0.39 is 0 Å². The Balaban J connectivity index is 1.76. The van der Waals surface area contributed by atoms with E-state index in [0.717, 1.165) is 19.4 Å². The summed E-state index contributed by atoms with van der Waals surface area (Å²) >= 11 is 0. The molecule has 2 rings (SSSR count). The lowest BCUT2D eigenvalue weighted by molar-refractivity contribution is -0.116. The highest BCUT2D eigenvalue weighted by molar-refractivity contribution is 5.90. The van der Waals surface area contributed by atoms with E-state index >= 15 is 0 Å². The number of hydrogen-bond acceptors (Lipinski definition) is 3. The Labute approximate surface area is 131 Å². The van der Waals surface area contributed by atoms with Gasteiger partial charge in [-0.1, -0.05) is 12.5 Å². The van der Waals surface area contributed by atoms with Crippen molar-refractivity contribution in [3.8, 4) is 0 Å². The maximum atomic E-state index is 13.4. The van der Waals surface area contributed by atoms with Crippen LogP contribution in [0.2, 0.25) is 0 Å². The molecular weight excluding hydrogens is 283 g/mol. The van der Waals surface area contributed by atoms with Gasteiger partial charge >= 0.3 is 0 Å². The van der Waals surface area contributed by atoms with Crippen LogP contribution in [0.25, 0.3) is 0 Å². The molecule has 1 aromatic rings. The van der Waals surface area contributed by atoms with Crippen molar-refractivity contribution in [3.63, 3.8) is 0 Å². The van der Waals surface area contributed by atoms with Crippen LogP contribution in [-0.2, 0) is 4.79 Å². The molecule has 0 saturated heterocycles. The molecule has 1 aliphatic carbocycles. The minimum atomic E-state index is -0.315. The third-order valence-corrected chi connectivity index (χ3v) is 4.53. The van der Waals surface area contributed by atoms with Gasteiger partial charge in [-0.15, -0.1) is 0 Å². The summed E-state index contributed by atoms with van der Waals surface area (Å²) in [6.45, 7) is 3.34. The van der Waals surface area contributed by atoms with E-state index in [2.05, 4.69) is 10.2 Å². The highest BCUT2D eigenvalue weighted by atomic mass is 19.1. The van der Waals surface area contributed by atoms with Gasteiger partial charge in [0.05, 0.1) is 0 Å². The molecule has 22 heavy (non-hydrogen) atoms. The zero-order valence-electron chi connectivity index (χ0n) is 13.4. The lowest BCUT2D eigenvalue weighted by atomic mass is 9.69. The number of anilines is 1. The van der Waals surface area contributed by atoms with Gasteiger partial charge in [-0.2, -0.15) is 0 Å². The van der Waals surface area contributed by atoms with Gasteiger partial charge in [0.15, 0.2) is 0 Å². The molecule has 0 radical (unpaired) electrons. The SMILES string of the molecule is Cc1ccc(NC(=O)CCN(C)CC2(CO)CCC2)cc1F. The second-order valence-electron chi connectivity index (χ2n) is 6.51. The molecule has 0 unspecified atom stereocenters. The molecule has 0 bridgehead atoms. The first-order chi connectivity index (χ1) is 10.4. The summed E-state index contributed by atoms with van der Waals surface area (Å²) in [7, 11) is 1.97. The fourth-order valence-electron chi connectivity index (χ4n) is 2.88. The van der Waals surface area contributed by atoms with Crippen LogP contribution in [0.3, 0.4) is 0 Å². The van der Waals surface area contributed by atoms with Crippen molar-refractivity contribution in [2.75, 3.05) is 32.1 Å². The number of carbonyl (C=O) groups is 1. The van der Waals surface area contributed by atoms with Gasteiger partial charge in [-0.3, -0.25) is 4.79 Å². The summed E-state index contributed by atoms with van der Waals surface area (Å²) in [6, 6.07) is 4.69. The lowest BCUT2D eigenvalue weighted by Gasteiger charge is -2.43. The van der Waals surface area contributed by atoms with Crippen LogP contribution in [0, 0.1) is 18.2 Å². The monoisotopic (exact) mass is 308 g/mol. The molecule has 1 aromatic carbocycles. The molecular formula is C17H25FN2O2. The Bertz CT molecular complexity index is 524. The molecule has 1 saturated carbocycles. The summed E-state index contributed by atoms with van der Waals surface area (Å²) in [4.78, 5) is 14.0. The van der Waals surface area contributed by atoms with Gasteiger partial charge in [-0.25, -0.2) is 4.39 Å². The van der Waals surface area contributed by atoms with E-state index in [4.69, 9.17) is 0 Å². The second kappa shape index (κ2) is 7.20. The maximum Gasteiger partial charge on any atom is 0.225 e. The van der Waals surface area contributed by atoms with E-state index in [1.54, 1.807) is 19.1 Å². The Morgan fingerprint density at radius 2 is 2.18 bits per heavy atom. The van der Waals surface area contributed by atoms with Crippen LogP contribution in [0.1, 0.15) is 31.2 Å². The third-order valence-electron chi connectivity index (χ3n) is 4.53. The number of aliphatic hydroxyl groups is 1. The van der Waals surface area contributed by atoms with Gasteiger partial charge in [0, 0.05) is 37.2 Å². The first-order valence-corrected chi connectivity index (χ1v) is 7.79. The van der Waals surface area contributed by atoms with E-state index in [0.29, 0.717) is 24.2 Å². The number of aryl methyl sites for hydroxylation is 1. The molecule has 1 fully saturated rings. The van der Waals surface area contributed by atoms with Gasteiger partial charge in [0.25, 0.3) is 0 Å². The fraction of sp³-hybridized carbons (Fsp3) is 0.588. The minimum Gasteiger partial charge on any atom is -0.396 e. The van der Waals surface area contributed by atoms with Crippen molar-refractivity contribution in [1.82, 2.24) is 4.90 Å². The van der Waals surface area contributed by atoms with Crippen LogP contribution in [0.4, 0.5) is 10.1 Å². The molecule has 0 aliphatic heterocycles. The van der Waals surface area contributed by atoms with Crippen molar-refractivity contribution < 1.29 is 14.3 Å². The number of benzene rings is 1. The van der Waals surface area contributed by atoms with E-state index in [1.165, 1.54) is 12.5 Å². The van der Waals surface area contributed by atoms with Crippen molar-refractivity contribution in [1.29, 1.82) is 0 Å².